The van der Waals surface area contributed by atoms with E-state index in [2.05, 4.69) is 10.3 Å². The van der Waals surface area contributed by atoms with Crippen molar-refractivity contribution in [3.8, 4) is 5.75 Å². The van der Waals surface area contributed by atoms with Gasteiger partial charge in [0, 0.05) is 6.54 Å². The zero-order valence-corrected chi connectivity index (χ0v) is 15.4. The summed E-state index contributed by atoms with van der Waals surface area (Å²) in [5.74, 6) is 1.10. The lowest BCUT2D eigenvalue weighted by molar-refractivity contribution is 0.301. The van der Waals surface area contributed by atoms with Crippen LogP contribution in [0.4, 0.5) is 10.2 Å². The number of aromatic nitrogens is 1. The number of nitrogens with one attached hydrogen (secondary N) is 1. The quantitative estimate of drug-likeness (QED) is 0.593. The van der Waals surface area contributed by atoms with Crippen molar-refractivity contribution in [2.24, 2.45) is 0 Å². The molecule has 0 amide bonds. The second kappa shape index (κ2) is 9.14. The Morgan fingerprint density at radius 2 is 1.85 bits per heavy atom. The highest BCUT2D eigenvalue weighted by Crippen LogP contribution is 2.16. The van der Waals surface area contributed by atoms with Crippen molar-refractivity contribution in [2.75, 3.05) is 12.3 Å². The predicted octanol–water partition coefficient (Wildman–Crippen LogP) is 4.02. The summed E-state index contributed by atoms with van der Waals surface area (Å²) in [6.45, 7) is 3.86. The van der Waals surface area contributed by atoms with Crippen LogP contribution < -0.4 is 15.8 Å². The minimum atomic E-state index is -0.192. The molecule has 0 fully saturated rings. The average Bonchev–Trinajstić information content (AvgIpc) is 2.63. The molecule has 27 heavy (non-hydrogen) atoms. The number of anilines is 1. The molecule has 0 aliphatic heterocycles. The summed E-state index contributed by atoms with van der Waals surface area (Å²) < 4.78 is 19.0. The summed E-state index contributed by atoms with van der Waals surface area (Å²) in [5.41, 5.74) is 9.77. The van der Waals surface area contributed by atoms with Crippen molar-refractivity contribution >= 4 is 5.82 Å². The summed E-state index contributed by atoms with van der Waals surface area (Å²) in [6.07, 6.45) is 0.786. The molecule has 1 heterocycles. The number of rotatable bonds is 8. The van der Waals surface area contributed by atoms with Crippen LogP contribution in [0.15, 0.2) is 60.7 Å². The normalized spacial score (nSPS) is 10.7. The smallest absolute Gasteiger partial charge is 0.130 e. The second-order valence-electron chi connectivity index (χ2n) is 6.55. The lowest BCUT2D eigenvalue weighted by Gasteiger charge is -2.10. The molecule has 3 N–H and O–H groups in total. The van der Waals surface area contributed by atoms with Crippen LogP contribution in [-0.4, -0.2) is 11.5 Å². The molecule has 1 aromatic heterocycles. The third-order valence-electron chi connectivity index (χ3n) is 4.14. The van der Waals surface area contributed by atoms with E-state index in [0.717, 1.165) is 47.6 Å². The van der Waals surface area contributed by atoms with E-state index >= 15 is 0 Å². The fraction of sp³-hybridized carbons (Fsp3) is 0.227. The van der Waals surface area contributed by atoms with Crippen molar-refractivity contribution in [3.05, 3.63) is 88.9 Å². The molecule has 0 bridgehead atoms. The van der Waals surface area contributed by atoms with Crippen molar-refractivity contribution in [1.29, 1.82) is 0 Å². The van der Waals surface area contributed by atoms with E-state index in [1.807, 2.05) is 49.4 Å². The van der Waals surface area contributed by atoms with Crippen molar-refractivity contribution < 1.29 is 9.13 Å². The standard InChI is InChI=1S/C22H24FN3O/c1-16-10-20(26-22(24)11-16)15-27-21-7-3-5-18(13-21)14-25-9-8-17-4-2-6-19(23)12-17/h2-7,10-13,25H,8-9,14-15H2,1H3,(H2,24,26)/i23-1. The molecule has 0 aliphatic rings. The van der Waals surface area contributed by atoms with Gasteiger partial charge in [-0.05, 0) is 73.0 Å². The van der Waals surface area contributed by atoms with E-state index in [1.54, 1.807) is 12.1 Å². The minimum absolute atomic E-state index is 0.192. The number of nitrogens with two attached hydrogens (primary N) is 1. The Kier molecular flexibility index (Phi) is 6.39. The zero-order chi connectivity index (χ0) is 19.1. The molecular weight excluding hydrogens is 340 g/mol. The van der Waals surface area contributed by atoms with Gasteiger partial charge in [-0.3, -0.25) is 0 Å². The van der Waals surface area contributed by atoms with Crippen LogP contribution in [0.2, 0.25) is 0 Å². The van der Waals surface area contributed by atoms with Gasteiger partial charge in [-0.15, -0.1) is 0 Å². The molecule has 5 heteroatoms. The number of hydrogen-bond donors (Lipinski definition) is 2. The van der Waals surface area contributed by atoms with Gasteiger partial charge >= 0.3 is 0 Å². The molecule has 0 unspecified atom stereocenters. The molecule has 0 aliphatic carbocycles. The topological polar surface area (TPSA) is 60.2 Å². The Labute approximate surface area is 159 Å². The number of halogens is 1. The van der Waals surface area contributed by atoms with Gasteiger partial charge in [0.1, 0.15) is 24.0 Å². The van der Waals surface area contributed by atoms with Crippen molar-refractivity contribution in [1.82, 2.24) is 10.3 Å². The number of nitrogens with zero attached hydrogens (tertiary/aromatic N) is 1. The van der Waals surface area contributed by atoms with E-state index in [9.17, 15) is 4.39 Å². The summed E-state index contributed by atoms with van der Waals surface area (Å²) in [7, 11) is 0. The van der Waals surface area contributed by atoms with Crippen molar-refractivity contribution in [3.63, 3.8) is 0 Å². The summed E-state index contributed by atoms with van der Waals surface area (Å²) in [4.78, 5) is 4.28. The number of aryl methyl sites for hydroxylation is 1. The zero-order valence-electron chi connectivity index (χ0n) is 15.4. The van der Waals surface area contributed by atoms with Gasteiger partial charge in [0.25, 0.3) is 0 Å². The van der Waals surface area contributed by atoms with Crippen LogP contribution in [0.3, 0.4) is 0 Å². The molecule has 140 valence electrons. The minimum Gasteiger partial charge on any atom is -0.487 e. The largest absolute Gasteiger partial charge is 0.487 e. The monoisotopic (exact) mass is 364 g/mol. The van der Waals surface area contributed by atoms with E-state index in [-0.39, 0.29) is 5.82 Å². The second-order valence-corrected chi connectivity index (χ2v) is 6.55. The number of benzene rings is 2. The Balaban J connectivity index is 1.48. The van der Waals surface area contributed by atoms with Crippen LogP contribution in [-0.2, 0) is 19.6 Å². The van der Waals surface area contributed by atoms with Gasteiger partial charge in [0.05, 0.1) is 5.69 Å². The number of ether oxygens (including phenoxy) is 1. The van der Waals surface area contributed by atoms with Crippen LogP contribution in [0.1, 0.15) is 22.4 Å². The Morgan fingerprint density at radius 1 is 1.04 bits per heavy atom. The van der Waals surface area contributed by atoms with E-state index in [4.69, 9.17) is 10.5 Å². The molecule has 0 atom stereocenters. The van der Waals surface area contributed by atoms with Gasteiger partial charge in [0.15, 0.2) is 0 Å². The van der Waals surface area contributed by atoms with Gasteiger partial charge < -0.3 is 15.8 Å². The molecule has 3 rings (SSSR count). The highest BCUT2D eigenvalue weighted by molar-refractivity contribution is 5.34. The highest BCUT2D eigenvalue weighted by Gasteiger charge is 2.02. The molecule has 0 saturated carbocycles. The number of pyridine rings is 1. The molecular formula is C22H24FN3O. The molecule has 0 radical (unpaired) electrons. The first-order valence-electron chi connectivity index (χ1n) is 8.98. The molecule has 0 spiro atoms. The predicted molar refractivity (Wildman–Crippen MR) is 106 cm³/mol. The lowest BCUT2D eigenvalue weighted by Crippen LogP contribution is -2.16. The first kappa shape index (κ1) is 18.9. The van der Waals surface area contributed by atoms with Crippen LogP contribution in [0.5, 0.6) is 5.75 Å². The fourth-order valence-corrected chi connectivity index (χ4v) is 2.90. The first-order valence-corrected chi connectivity index (χ1v) is 8.98. The summed E-state index contributed by atoms with van der Waals surface area (Å²) in [5, 5.41) is 3.38. The van der Waals surface area contributed by atoms with E-state index < -0.39 is 0 Å². The third-order valence-corrected chi connectivity index (χ3v) is 4.14. The first-order chi connectivity index (χ1) is 13.1. The Bertz CT molecular complexity index is 878. The van der Waals surface area contributed by atoms with Crippen LogP contribution in [0, 0.1) is 12.7 Å². The van der Waals surface area contributed by atoms with Gasteiger partial charge in [-0.25, -0.2) is 9.37 Å². The summed E-state index contributed by atoms with van der Waals surface area (Å²) >= 11 is 0. The van der Waals surface area contributed by atoms with Crippen LogP contribution in [0.25, 0.3) is 0 Å². The number of nitrogen functional groups attached to an aromatic ring is 1. The van der Waals surface area contributed by atoms with E-state index in [0.29, 0.717) is 12.4 Å². The summed E-state index contributed by atoms with van der Waals surface area (Å²) in [6, 6.07) is 18.5. The molecule has 3 aromatic rings. The van der Waals surface area contributed by atoms with E-state index in [1.165, 1.54) is 6.07 Å². The third kappa shape index (κ3) is 6.08. The highest BCUT2D eigenvalue weighted by atomic mass is 18.2. The van der Waals surface area contributed by atoms with Gasteiger partial charge in [0.2, 0.25) is 0 Å². The van der Waals surface area contributed by atoms with Crippen LogP contribution >= 0.6 is 0 Å². The molecule has 0 saturated heterocycles. The molecule has 4 nitrogen and oxygen atoms in total. The van der Waals surface area contributed by atoms with Crippen molar-refractivity contribution in [2.45, 2.75) is 26.5 Å². The molecule has 2 aromatic carbocycles. The SMILES string of the molecule is Cc1cc(N)nc(COc2cccc(CNCCc3cccc([18F])c3)c2)c1. The maximum Gasteiger partial charge on any atom is 0.130 e. The van der Waals surface area contributed by atoms with Gasteiger partial charge in [-0.2, -0.15) is 0 Å². The average molecular weight is 364 g/mol. The Morgan fingerprint density at radius 3 is 2.67 bits per heavy atom. The fourth-order valence-electron chi connectivity index (χ4n) is 2.90. The maximum atomic E-state index is 13.2. The Hall–Kier alpha value is -2.92. The lowest BCUT2D eigenvalue weighted by atomic mass is 10.1. The maximum absolute atomic E-state index is 13.2. The number of hydrogen-bond acceptors (Lipinski definition) is 4. The van der Waals surface area contributed by atoms with Gasteiger partial charge in [-0.1, -0.05) is 24.3 Å².